The molecule has 1 aromatic rings. The summed E-state index contributed by atoms with van der Waals surface area (Å²) in [6.07, 6.45) is -0.000143. The Bertz CT molecular complexity index is 605. The smallest absolute Gasteiger partial charge is 0.304 e. The number of benzene rings is 1. The van der Waals surface area contributed by atoms with Crippen molar-refractivity contribution >= 4 is 22.0 Å². The van der Waals surface area contributed by atoms with Gasteiger partial charge in [-0.3, -0.25) is 9.59 Å². The fourth-order valence-electron chi connectivity index (χ4n) is 1.84. The summed E-state index contributed by atoms with van der Waals surface area (Å²) in [6, 6.07) is 6.25. The zero-order valence-corrected chi connectivity index (χ0v) is 13.0. The third kappa shape index (κ3) is 5.12. The van der Waals surface area contributed by atoms with E-state index in [0.29, 0.717) is 0 Å². The Kier molecular flexibility index (Phi) is 6.51. The second kappa shape index (κ2) is 7.90. The van der Waals surface area contributed by atoms with Gasteiger partial charge in [0, 0.05) is 13.1 Å². The molecule has 22 heavy (non-hydrogen) atoms. The van der Waals surface area contributed by atoms with Gasteiger partial charge in [-0.2, -0.15) is 4.31 Å². The minimum atomic E-state index is -3.91. The molecular formula is C14H19NO6S. The van der Waals surface area contributed by atoms with E-state index in [2.05, 4.69) is 0 Å². The summed E-state index contributed by atoms with van der Waals surface area (Å²) in [6.45, 7) is 1.41. The maximum atomic E-state index is 12.5. The van der Waals surface area contributed by atoms with Crippen LogP contribution in [0.4, 0.5) is 0 Å². The van der Waals surface area contributed by atoms with Crippen LogP contribution >= 0.6 is 0 Å². The number of aliphatic carboxylic acids is 2. The summed E-state index contributed by atoms with van der Waals surface area (Å²) >= 11 is 0. The topological polar surface area (TPSA) is 112 Å². The average molecular weight is 329 g/mol. The van der Waals surface area contributed by atoms with Crippen LogP contribution < -0.4 is 0 Å². The predicted molar refractivity (Wildman–Crippen MR) is 79.1 cm³/mol. The summed E-state index contributed by atoms with van der Waals surface area (Å²) in [7, 11) is -3.91. The van der Waals surface area contributed by atoms with Crippen LogP contribution in [0.15, 0.2) is 29.2 Å². The summed E-state index contributed by atoms with van der Waals surface area (Å²) in [4.78, 5) is 21.3. The second-order valence-electron chi connectivity index (χ2n) is 4.69. The van der Waals surface area contributed by atoms with Gasteiger partial charge >= 0.3 is 11.9 Å². The molecule has 0 unspecified atom stereocenters. The van der Waals surface area contributed by atoms with Crippen molar-refractivity contribution in [2.45, 2.75) is 31.1 Å². The molecule has 0 saturated carbocycles. The molecule has 0 spiro atoms. The van der Waals surface area contributed by atoms with Gasteiger partial charge in [0.2, 0.25) is 10.0 Å². The molecule has 0 aliphatic rings. The van der Waals surface area contributed by atoms with E-state index in [1.165, 1.54) is 12.1 Å². The van der Waals surface area contributed by atoms with E-state index >= 15 is 0 Å². The Labute approximate surface area is 129 Å². The number of sulfonamides is 1. The minimum Gasteiger partial charge on any atom is -0.481 e. The van der Waals surface area contributed by atoms with Crippen LogP contribution in [-0.4, -0.2) is 48.0 Å². The van der Waals surface area contributed by atoms with Crippen molar-refractivity contribution in [1.29, 1.82) is 0 Å². The van der Waals surface area contributed by atoms with E-state index in [4.69, 9.17) is 10.2 Å². The zero-order valence-electron chi connectivity index (χ0n) is 12.2. The molecule has 2 N–H and O–H groups in total. The zero-order chi connectivity index (χ0) is 16.8. The van der Waals surface area contributed by atoms with E-state index in [-0.39, 0.29) is 30.8 Å². The van der Waals surface area contributed by atoms with Crippen molar-refractivity contribution < 1.29 is 28.2 Å². The van der Waals surface area contributed by atoms with E-state index in [9.17, 15) is 18.0 Å². The van der Waals surface area contributed by atoms with Crippen LogP contribution in [0.5, 0.6) is 0 Å². The van der Waals surface area contributed by atoms with Crippen molar-refractivity contribution in [3.8, 4) is 0 Å². The fraction of sp³-hybridized carbons (Fsp3) is 0.429. The Hall–Kier alpha value is -1.93. The summed E-state index contributed by atoms with van der Waals surface area (Å²) in [5, 5.41) is 17.4. The maximum absolute atomic E-state index is 12.5. The van der Waals surface area contributed by atoms with Gasteiger partial charge in [-0.25, -0.2) is 8.42 Å². The Morgan fingerprint density at radius 3 is 1.82 bits per heavy atom. The lowest BCUT2D eigenvalue weighted by molar-refractivity contribution is -0.137. The molecule has 0 aliphatic heterocycles. The van der Waals surface area contributed by atoms with Gasteiger partial charge in [0.1, 0.15) is 0 Å². The summed E-state index contributed by atoms with van der Waals surface area (Å²) in [5.41, 5.74) is 0.974. The number of rotatable bonds is 9. The highest BCUT2D eigenvalue weighted by Gasteiger charge is 2.25. The first kappa shape index (κ1) is 18.1. The predicted octanol–water partition coefficient (Wildman–Crippen LogP) is 1.19. The molecule has 8 heteroatoms. The summed E-state index contributed by atoms with van der Waals surface area (Å²) in [5.74, 6) is -2.28. The Morgan fingerprint density at radius 2 is 1.45 bits per heavy atom. The van der Waals surface area contributed by atoms with Gasteiger partial charge in [-0.1, -0.05) is 19.1 Å². The molecule has 0 aliphatic carbocycles. The van der Waals surface area contributed by atoms with E-state index < -0.39 is 22.0 Å². The third-order valence-electron chi connectivity index (χ3n) is 3.12. The third-order valence-corrected chi connectivity index (χ3v) is 5.03. The largest absolute Gasteiger partial charge is 0.481 e. The van der Waals surface area contributed by atoms with E-state index in [1.54, 1.807) is 12.1 Å². The monoisotopic (exact) mass is 329 g/mol. The molecule has 0 saturated heterocycles. The lowest BCUT2D eigenvalue weighted by Crippen LogP contribution is -2.34. The Morgan fingerprint density at radius 1 is 1.00 bits per heavy atom. The van der Waals surface area contributed by atoms with Crippen molar-refractivity contribution in [2.24, 2.45) is 0 Å². The molecule has 7 nitrogen and oxygen atoms in total. The van der Waals surface area contributed by atoms with Crippen molar-refractivity contribution in [3.05, 3.63) is 29.8 Å². The number of carboxylic acids is 2. The standard InChI is InChI=1S/C14H19NO6S/c1-2-11-3-5-12(6-4-11)22(20,21)15(9-7-13(16)17)10-8-14(18)19/h3-6H,2,7-10H2,1H3,(H,16,17)(H,18,19). The van der Waals surface area contributed by atoms with Gasteiger partial charge in [-0.05, 0) is 24.1 Å². The lowest BCUT2D eigenvalue weighted by Gasteiger charge is -2.21. The highest BCUT2D eigenvalue weighted by Crippen LogP contribution is 2.17. The quantitative estimate of drug-likeness (QED) is 0.704. The molecule has 0 heterocycles. The highest BCUT2D eigenvalue weighted by atomic mass is 32.2. The van der Waals surface area contributed by atoms with Crippen LogP contribution in [0.3, 0.4) is 0 Å². The normalized spacial score (nSPS) is 11.5. The molecule has 0 fully saturated rings. The van der Waals surface area contributed by atoms with Crippen molar-refractivity contribution in [1.82, 2.24) is 4.31 Å². The van der Waals surface area contributed by atoms with Crippen LogP contribution in [-0.2, 0) is 26.0 Å². The van der Waals surface area contributed by atoms with E-state index in [1.807, 2.05) is 6.92 Å². The number of carboxylic acid groups (broad SMARTS) is 2. The SMILES string of the molecule is CCc1ccc(S(=O)(=O)N(CCC(=O)O)CCC(=O)O)cc1. The molecular weight excluding hydrogens is 310 g/mol. The molecule has 0 radical (unpaired) electrons. The molecule has 1 aromatic carbocycles. The van der Waals surface area contributed by atoms with Gasteiger partial charge in [0.05, 0.1) is 17.7 Å². The number of nitrogens with zero attached hydrogens (tertiary/aromatic N) is 1. The van der Waals surface area contributed by atoms with Crippen LogP contribution in [0.25, 0.3) is 0 Å². The number of hydrogen-bond acceptors (Lipinski definition) is 4. The molecule has 0 atom stereocenters. The number of carbonyl (C=O) groups is 2. The van der Waals surface area contributed by atoms with Crippen LogP contribution in [0, 0.1) is 0 Å². The average Bonchev–Trinajstić information content (AvgIpc) is 2.46. The van der Waals surface area contributed by atoms with Crippen LogP contribution in [0.2, 0.25) is 0 Å². The lowest BCUT2D eigenvalue weighted by atomic mass is 10.2. The fourth-order valence-corrected chi connectivity index (χ4v) is 3.28. The number of hydrogen-bond donors (Lipinski definition) is 2. The first-order valence-corrected chi connectivity index (χ1v) is 8.24. The second-order valence-corrected chi connectivity index (χ2v) is 6.63. The first-order valence-electron chi connectivity index (χ1n) is 6.80. The van der Waals surface area contributed by atoms with Crippen LogP contribution in [0.1, 0.15) is 25.3 Å². The molecule has 1 rings (SSSR count). The van der Waals surface area contributed by atoms with Crippen molar-refractivity contribution in [2.75, 3.05) is 13.1 Å². The molecule has 0 amide bonds. The molecule has 0 aromatic heterocycles. The van der Waals surface area contributed by atoms with Gasteiger partial charge in [-0.15, -0.1) is 0 Å². The van der Waals surface area contributed by atoms with Crippen molar-refractivity contribution in [3.63, 3.8) is 0 Å². The Balaban J connectivity index is 3.01. The first-order chi connectivity index (χ1) is 10.3. The highest BCUT2D eigenvalue weighted by molar-refractivity contribution is 7.89. The summed E-state index contributed by atoms with van der Waals surface area (Å²) < 4.78 is 25.9. The maximum Gasteiger partial charge on any atom is 0.304 e. The molecule has 122 valence electrons. The molecule has 0 bridgehead atoms. The minimum absolute atomic E-state index is 0.0282. The van der Waals surface area contributed by atoms with Gasteiger partial charge in [0.25, 0.3) is 0 Å². The van der Waals surface area contributed by atoms with Gasteiger partial charge < -0.3 is 10.2 Å². The van der Waals surface area contributed by atoms with E-state index in [0.717, 1.165) is 16.3 Å². The number of aryl methyl sites for hydroxylation is 1. The van der Waals surface area contributed by atoms with Gasteiger partial charge in [0.15, 0.2) is 0 Å².